The van der Waals surface area contributed by atoms with Gasteiger partial charge in [0, 0.05) is 8.04 Å². The summed E-state index contributed by atoms with van der Waals surface area (Å²) in [6.45, 7) is 9.26. The average Bonchev–Trinajstić information content (AvgIpc) is 2.56. The van der Waals surface area contributed by atoms with E-state index in [1.807, 2.05) is 0 Å². The van der Waals surface area contributed by atoms with Crippen LogP contribution in [-0.2, 0) is 25.7 Å². The number of aryl methyl sites for hydroxylation is 2. The van der Waals surface area contributed by atoms with Gasteiger partial charge in [0.25, 0.3) is 0 Å². The molecule has 0 aliphatic rings. The molecule has 24 heavy (non-hydrogen) atoms. The smallest absolute Gasteiger partial charge is 0.0315 e. The lowest BCUT2D eigenvalue weighted by Crippen LogP contribution is -2.07. The van der Waals surface area contributed by atoms with Crippen LogP contribution in [0.2, 0.25) is 0 Å². The molecule has 132 valence electrons. The molecule has 0 spiro atoms. The van der Waals surface area contributed by atoms with E-state index in [1.54, 1.807) is 22.3 Å². The van der Waals surface area contributed by atoms with E-state index in [4.69, 9.17) is 0 Å². The Hall–Kier alpha value is -0.0900. The van der Waals surface area contributed by atoms with Crippen molar-refractivity contribution in [1.29, 1.82) is 0 Å². The summed E-state index contributed by atoms with van der Waals surface area (Å²) in [6.07, 6.45) is 9.75. The van der Waals surface area contributed by atoms with Gasteiger partial charge in [0.2, 0.25) is 0 Å². The highest BCUT2D eigenvalue weighted by Crippen LogP contribution is 2.37. The van der Waals surface area contributed by atoms with Crippen molar-refractivity contribution in [1.82, 2.24) is 0 Å². The van der Waals surface area contributed by atoms with Gasteiger partial charge >= 0.3 is 0 Å². The number of benzene rings is 2. The van der Waals surface area contributed by atoms with Crippen LogP contribution in [-0.4, -0.2) is 0 Å². The molecule has 2 heteroatoms. The van der Waals surface area contributed by atoms with E-state index in [-0.39, 0.29) is 0 Å². The minimum absolute atomic E-state index is 1.20. The van der Waals surface area contributed by atoms with Crippen LogP contribution in [0.1, 0.15) is 75.6 Å². The molecule has 0 bridgehead atoms. The van der Waals surface area contributed by atoms with Crippen LogP contribution >= 0.6 is 38.5 Å². The van der Waals surface area contributed by atoms with Crippen LogP contribution in [0.5, 0.6) is 0 Å². The van der Waals surface area contributed by atoms with Crippen LogP contribution in [0.15, 0.2) is 16.6 Å². The Morgan fingerprint density at radius 2 is 1.04 bits per heavy atom. The molecule has 0 saturated carbocycles. The fourth-order valence-electron chi connectivity index (χ4n) is 3.91. The summed E-state index contributed by atoms with van der Waals surface area (Å²) in [5.74, 6) is 0. The lowest BCUT2D eigenvalue weighted by Gasteiger charge is -2.23. The highest BCUT2D eigenvalue weighted by molar-refractivity contribution is 14.1. The van der Waals surface area contributed by atoms with Crippen LogP contribution in [0.25, 0.3) is 10.8 Å². The second-order valence-corrected chi connectivity index (χ2v) is 8.74. The second-order valence-electron chi connectivity index (χ2n) is 6.73. The van der Waals surface area contributed by atoms with Gasteiger partial charge in [-0.1, -0.05) is 53.4 Å². The quantitative estimate of drug-likeness (QED) is 0.322. The summed E-state index contributed by atoms with van der Waals surface area (Å²) in [5, 5.41) is 3.01. The molecule has 0 aromatic heterocycles. The first-order valence-corrected chi connectivity index (χ1v) is 11.4. The summed E-state index contributed by atoms with van der Waals surface area (Å²) >= 11 is 6.23. The van der Waals surface area contributed by atoms with Crippen LogP contribution in [0.3, 0.4) is 0 Å². The minimum Gasteiger partial charge on any atom is -0.0651 e. The van der Waals surface area contributed by atoms with Crippen molar-refractivity contribution in [2.75, 3.05) is 0 Å². The van der Waals surface area contributed by atoms with Gasteiger partial charge in [-0.2, -0.15) is 0 Å². The standard InChI is InChI=1S/C22H30BrI/c1-5-9-15-16(10-6-2)18(12-8-4)20-14-22(24)21(23)13-19(20)17(15)11-7-3/h13-14H,5-12H2,1-4H3. The zero-order valence-electron chi connectivity index (χ0n) is 15.6. The van der Waals surface area contributed by atoms with E-state index >= 15 is 0 Å². The van der Waals surface area contributed by atoms with Crippen LogP contribution in [0.4, 0.5) is 0 Å². The SMILES string of the molecule is CCCc1c(CCC)c(CCC)c2cc(I)c(Br)cc2c1CCC. The van der Waals surface area contributed by atoms with Crippen molar-refractivity contribution < 1.29 is 0 Å². The fourth-order valence-corrected chi connectivity index (χ4v) is 4.72. The maximum absolute atomic E-state index is 3.77. The van der Waals surface area contributed by atoms with Gasteiger partial charge < -0.3 is 0 Å². The van der Waals surface area contributed by atoms with Gasteiger partial charge in [-0.15, -0.1) is 0 Å². The van der Waals surface area contributed by atoms with E-state index in [0.29, 0.717) is 0 Å². The first-order valence-electron chi connectivity index (χ1n) is 9.53. The Labute approximate surface area is 170 Å². The van der Waals surface area contributed by atoms with Gasteiger partial charge in [0.1, 0.15) is 0 Å². The molecule has 2 rings (SSSR count). The molecule has 0 N–H and O–H groups in total. The van der Waals surface area contributed by atoms with Crippen LogP contribution in [0, 0.1) is 3.57 Å². The monoisotopic (exact) mass is 500 g/mol. The van der Waals surface area contributed by atoms with Gasteiger partial charge in [-0.05, 0) is 109 Å². The van der Waals surface area contributed by atoms with Crippen molar-refractivity contribution in [2.45, 2.75) is 79.1 Å². The molecule has 0 radical (unpaired) electrons. The molecular weight excluding hydrogens is 471 g/mol. The Morgan fingerprint density at radius 1 is 0.667 bits per heavy atom. The molecule has 0 aliphatic carbocycles. The molecule has 0 heterocycles. The fraction of sp³-hybridized carbons (Fsp3) is 0.545. The predicted octanol–water partition coefficient (Wildman–Crippen LogP) is 8.02. The summed E-state index contributed by atoms with van der Waals surface area (Å²) in [4.78, 5) is 0. The number of halogens is 2. The van der Waals surface area contributed by atoms with Gasteiger partial charge in [0.05, 0.1) is 0 Å². The lowest BCUT2D eigenvalue weighted by atomic mass is 9.82. The highest BCUT2D eigenvalue weighted by atomic mass is 127. The zero-order chi connectivity index (χ0) is 17.7. The number of fused-ring (bicyclic) bond motifs is 1. The van der Waals surface area contributed by atoms with E-state index in [9.17, 15) is 0 Å². The molecule has 0 saturated heterocycles. The van der Waals surface area contributed by atoms with Crippen molar-refractivity contribution in [3.8, 4) is 0 Å². The first kappa shape index (κ1) is 20.2. The third-order valence-corrected chi connectivity index (χ3v) is 7.09. The molecular formula is C22H30BrI. The van der Waals surface area contributed by atoms with Gasteiger partial charge in [-0.25, -0.2) is 0 Å². The molecule has 0 fully saturated rings. The van der Waals surface area contributed by atoms with E-state index in [2.05, 4.69) is 78.3 Å². The first-order chi connectivity index (χ1) is 11.6. The average molecular weight is 501 g/mol. The predicted molar refractivity (Wildman–Crippen MR) is 120 cm³/mol. The maximum Gasteiger partial charge on any atom is 0.0315 e. The Kier molecular flexibility index (Phi) is 8.06. The zero-order valence-corrected chi connectivity index (χ0v) is 19.3. The van der Waals surface area contributed by atoms with E-state index < -0.39 is 0 Å². The maximum atomic E-state index is 3.77. The summed E-state index contributed by atoms with van der Waals surface area (Å²) in [5.41, 5.74) is 6.60. The topological polar surface area (TPSA) is 0 Å². The molecule has 0 aliphatic heterocycles. The lowest BCUT2D eigenvalue weighted by molar-refractivity contribution is 0.810. The van der Waals surface area contributed by atoms with Crippen molar-refractivity contribution in [2.24, 2.45) is 0 Å². The normalized spacial score (nSPS) is 11.4. The molecule has 0 amide bonds. The molecule has 2 aromatic carbocycles. The largest absolute Gasteiger partial charge is 0.0651 e. The molecule has 0 atom stereocenters. The van der Waals surface area contributed by atoms with E-state index in [1.165, 1.54) is 70.2 Å². The Bertz CT molecular complexity index is 643. The van der Waals surface area contributed by atoms with Gasteiger partial charge in [0.15, 0.2) is 0 Å². The molecule has 0 unspecified atom stereocenters. The van der Waals surface area contributed by atoms with Crippen molar-refractivity contribution in [3.05, 3.63) is 42.4 Å². The molecule has 0 nitrogen and oxygen atoms in total. The Morgan fingerprint density at radius 3 is 1.46 bits per heavy atom. The van der Waals surface area contributed by atoms with Crippen molar-refractivity contribution in [3.63, 3.8) is 0 Å². The summed E-state index contributed by atoms with van der Waals surface area (Å²) < 4.78 is 2.56. The van der Waals surface area contributed by atoms with Crippen LogP contribution < -0.4 is 0 Å². The highest BCUT2D eigenvalue weighted by Gasteiger charge is 2.18. The Balaban J connectivity index is 2.92. The van der Waals surface area contributed by atoms with Gasteiger partial charge in [-0.3, -0.25) is 0 Å². The number of hydrogen-bond acceptors (Lipinski definition) is 0. The second kappa shape index (κ2) is 9.56. The molecule has 2 aromatic rings. The minimum atomic E-state index is 1.20. The summed E-state index contributed by atoms with van der Waals surface area (Å²) in [7, 11) is 0. The third-order valence-electron chi connectivity index (χ3n) is 4.80. The van der Waals surface area contributed by atoms with E-state index in [0.717, 1.165) is 0 Å². The third kappa shape index (κ3) is 4.17. The number of hydrogen-bond donors (Lipinski definition) is 0. The van der Waals surface area contributed by atoms with Crippen molar-refractivity contribution >= 4 is 49.3 Å². The number of rotatable bonds is 8. The summed E-state index contributed by atoms with van der Waals surface area (Å²) in [6, 6.07) is 4.80.